The quantitative estimate of drug-likeness (QED) is 0.542. The van der Waals surface area contributed by atoms with E-state index in [1.165, 1.54) is 18.4 Å². The summed E-state index contributed by atoms with van der Waals surface area (Å²) in [5.41, 5.74) is 1.38. The Labute approximate surface area is 99.6 Å². The molecule has 0 aromatic heterocycles. The van der Waals surface area contributed by atoms with Gasteiger partial charge in [0.25, 0.3) is 0 Å². The summed E-state index contributed by atoms with van der Waals surface area (Å²) >= 11 is 0. The Hall–Kier alpha value is -1.08. The highest BCUT2D eigenvalue weighted by molar-refractivity contribution is 5.22. The van der Waals surface area contributed by atoms with Crippen LogP contribution in [-0.2, 0) is 0 Å². The minimum absolute atomic E-state index is 0.508. The van der Waals surface area contributed by atoms with Crippen molar-refractivity contribution in [1.29, 1.82) is 0 Å². The fraction of sp³-hybridized carbons (Fsp3) is 0.467. The lowest BCUT2D eigenvalue weighted by Crippen LogP contribution is -2.14. The van der Waals surface area contributed by atoms with Crippen molar-refractivity contribution in [3.05, 3.63) is 48.0 Å². The maximum atomic E-state index is 3.41. The van der Waals surface area contributed by atoms with E-state index in [9.17, 15) is 0 Å². The summed E-state index contributed by atoms with van der Waals surface area (Å²) in [4.78, 5) is 0. The van der Waals surface area contributed by atoms with Crippen molar-refractivity contribution in [3.8, 4) is 0 Å². The molecular formula is C15H23N. The third-order valence-electron chi connectivity index (χ3n) is 2.72. The lowest BCUT2D eigenvalue weighted by atomic mass is 10.0. The summed E-state index contributed by atoms with van der Waals surface area (Å²) in [5.74, 6) is 0.508. The summed E-state index contributed by atoms with van der Waals surface area (Å²) in [6.45, 7) is 6.56. The second-order valence-corrected chi connectivity index (χ2v) is 4.19. The molecule has 1 atom stereocenters. The Kier molecular flexibility index (Phi) is 6.59. The van der Waals surface area contributed by atoms with Gasteiger partial charge >= 0.3 is 0 Å². The number of unbranched alkanes of at least 4 members (excludes halogenated alkanes) is 1. The average molecular weight is 217 g/mol. The van der Waals surface area contributed by atoms with Crippen LogP contribution < -0.4 is 5.32 Å². The predicted octanol–water partition coefficient (Wildman–Crippen LogP) is 3.74. The lowest BCUT2D eigenvalue weighted by Gasteiger charge is -2.06. The average Bonchev–Trinajstić information content (AvgIpc) is 2.34. The molecule has 0 fully saturated rings. The van der Waals surface area contributed by atoms with Crippen LogP contribution in [0.5, 0.6) is 0 Å². The number of benzene rings is 1. The molecule has 0 aliphatic carbocycles. The van der Waals surface area contributed by atoms with E-state index in [1.54, 1.807) is 0 Å². The molecule has 1 heteroatoms. The first-order valence-corrected chi connectivity index (χ1v) is 6.27. The molecular weight excluding hydrogens is 194 g/mol. The van der Waals surface area contributed by atoms with Gasteiger partial charge in [0, 0.05) is 6.54 Å². The van der Waals surface area contributed by atoms with Gasteiger partial charge < -0.3 is 5.32 Å². The van der Waals surface area contributed by atoms with Crippen LogP contribution in [0.2, 0.25) is 0 Å². The maximum Gasteiger partial charge on any atom is 0.0135 e. The third kappa shape index (κ3) is 5.13. The number of hydrogen-bond donors (Lipinski definition) is 1. The first kappa shape index (κ1) is 13.0. The topological polar surface area (TPSA) is 12.0 Å². The smallest absolute Gasteiger partial charge is 0.0135 e. The zero-order chi connectivity index (χ0) is 11.6. The summed E-state index contributed by atoms with van der Waals surface area (Å²) in [5, 5.41) is 3.41. The van der Waals surface area contributed by atoms with Crippen molar-refractivity contribution in [1.82, 2.24) is 5.32 Å². The molecule has 88 valence electrons. The molecule has 16 heavy (non-hydrogen) atoms. The van der Waals surface area contributed by atoms with Gasteiger partial charge in [-0.1, -0.05) is 62.8 Å². The molecule has 0 radical (unpaired) electrons. The molecule has 0 heterocycles. The molecule has 1 unspecified atom stereocenters. The van der Waals surface area contributed by atoms with Crippen LogP contribution in [0.1, 0.15) is 38.2 Å². The van der Waals surface area contributed by atoms with E-state index in [1.807, 2.05) is 0 Å². The number of rotatable bonds is 7. The van der Waals surface area contributed by atoms with Crippen LogP contribution in [0.15, 0.2) is 42.5 Å². The van der Waals surface area contributed by atoms with Gasteiger partial charge in [0.05, 0.1) is 0 Å². The molecule has 1 aromatic carbocycles. The SMILES string of the molecule is CCCCNCC=CC(C)c1ccccc1. The van der Waals surface area contributed by atoms with Crippen LogP contribution >= 0.6 is 0 Å². The van der Waals surface area contributed by atoms with Crippen LogP contribution in [0.25, 0.3) is 0 Å². The van der Waals surface area contributed by atoms with Gasteiger partial charge in [0.2, 0.25) is 0 Å². The molecule has 0 amide bonds. The van der Waals surface area contributed by atoms with Gasteiger partial charge in [-0.05, 0) is 24.4 Å². The van der Waals surface area contributed by atoms with E-state index in [0.29, 0.717) is 5.92 Å². The van der Waals surface area contributed by atoms with E-state index in [-0.39, 0.29) is 0 Å². The van der Waals surface area contributed by atoms with Gasteiger partial charge in [-0.2, -0.15) is 0 Å². The molecule has 0 saturated carbocycles. The van der Waals surface area contributed by atoms with Crippen LogP contribution in [0, 0.1) is 0 Å². The van der Waals surface area contributed by atoms with Crippen LogP contribution in [-0.4, -0.2) is 13.1 Å². The molecule has 0 spiro atoms. The van der Waals surface area contributed by atoms with Crippen molar-refractivity contribution in [2.45, 2.75) is 32.6 Å². The molecule has 0 aliphatic heterocycles. The Balaban J connectivity index is 2.24. The number of nitrogens with one attached hydrogen (secondary N) is 1. The summed E-state index contributed by atoms with van der Waals surface area (Å²) in [7, 11) is 0. The van der Waals surface area contributed by atoms with Crippen molar-refractivity contribution in [3.63, 3.8) is 0 Å². The summed E-state index contributed by atoms with van der Waals surface area (Å²) in [6, 6.07) is 10.6. The molecule has 1 nitrogen and oxygen atoms in total. The van der Waals surface area contributed by atoms with Crippen LogP contribution in [0.3, 0.4) is 0 Å². The first-order chi connectivity index (χ1) is 7.84. The maximum absolute atomic E-state index is 3.41. The highest BCUT2D eigenvalue weighted by Gasteiger charge is 1.98. The van der Waals surface area contributed by atoms with Gasteiger partial charge in [0.15, 0.2) is 0 Å². The second-order valence-electron chi connectivity index (χ2n) is 4.19. The Morgan fingerprint density at radius 3 is 2.69 bits per heavy atom. The summed E-state index contributed by atoms with van der Waals surface area (Å²) < 4.78 is 0. The normalized spacial score (nSPS) is 13.1. The molecule has 1 rings (SSSR count). The largest absolute Gasteiger partial charge is 0.313 e. The lowest BCUT2D eigenvalue weighted by molar-refractivity contribution is 0.680. The van der Waals surface area contributed by atoms with Crippen LogP contribution in [0.4, 0.5) is 0 Å². The minimum atomic E-state index is 0.508. The standard InChI is InChI=1S/C15H23N/c1-3-4-12-16-13-8-9-14(2)15-10-6-5-7-11-15/h5-11,14,16H,3-4,12-13H2,1-2H3. The minimum Gasteiger partial charge on any atom is -0.313 e. The monoisotopic (exact) mass is 217 g/mol. The summed E-state index contributed by atoms with van der Waals surface area (Å²) in [6.07, 6.45) is 7.03. The number of allylic oxidation sites excluding steroid dienone is 1. The van der Waals surface area contributed by atoms with Gasteiger partial charge in [-0.3, -0.25) is 0 Å². The van der Waals surface area contributed by atoms with E-state index >= 15 is 0 Å². The van der Waals surface area contributed by atoms with Crippen molar-refractivity contribution in [2.24, 2.45) is 0 Å². The van der Waals surface area contributed by atoms with Gasteiger partial charge in [-0.25, -0.2) is 0 Å². The first-order valence-electron chi connectivity index (χ1n) is 6.27. The number of hydrogen-bond acceptors (Lipinski definition) is 1. The second kappa shape index (κ2) is 8.12. The Morgan fingerprint density at radius 2 is 2.00 bits per heavy atom. The van der Waals surface area contributed by atoms with E-state index in [4.69, 9.17) is 0 Å². The Bertz CT molecular complexity index is 290. The Morgan fingerprint density at radius 1 is 1.25 bits per heavy atom. The highest BCUT2D eigenvalue weighted by Crippen LogP contribution is 2.15. The fourth-order valence-corrected chi connectivity index (χ4v) is 1.63. The predicted molar refractivity (Wildman–Crippen MR) is 71.8 cm³/mol. The molecule has 1 aromatic rings. The zero-order valence-corrected chi connectivity index (χ0v) is 10.4. The van der Waals surface area contributed by atoms with E-state index < -0.39 is 0 Å². The molecule has 0 aliphatic rings. The zero-order valence-electron chi connectivity index (χ0n) is 10.4. The van der Waals surface area contributed by atoms with Crippen molar-refractivity contribution in [2.75, 3.05) is 13.1 Å². The molecule has 0 saturated heterocycles. The molecule has 0 bridgehead atoms. The fourth-order valence-electron chi connectivity index (χ4n) is 1.63. The third-order valence-corrected chi connectivity index (χ3v) is 2.72. The van der Waals surface area contributed by atoms with Crippen molar-refractivity contribution >= 4 is 0 Å². The highest BCUT2D eigenvalue weighted by atomic mass is 14.8. The van der Waals surface area contributed by atoms with Crippen molar-refractivity contribution < 1.29 is 0 Å². The van der Waals surface area contributed by atoms with E-state index in [2.05, 4.69) is 61.6 Å². The van der Waals surface area contributed by atoms with Gasteiger partial charge in [0.1, 0.15) is 0 Å². The van der Waals surface area contributed by atoms with Gasteiger partial charge in [-0.15, -0.1) is 0 Å². The van der Waals surface area contributed by atoms with E-state index in [0.717, 1.165) is 13.1 Å². The molecule has 1 N–H and O–H groups in total.